The van der Waals surface area contributed by atoms with E-state index < -0.39 is 5.83 Å². The van der Waals surface area contributed by atoms with Gasteiger partial charge in [0.1, 0.15) is 0 Å². The van der Waals surface area contributed by atoms with Crippen molar-refractivity contribution in [1.82, 2.24) is 25.4 Å². The normalized spacial score (nSPS) is 12.5. The van der Waals surface area contributed by atoms with E-state index in [1.54, 1.807) is 49.1 Å². The molecule has 0 spiro atoms. The van der Waals surface area contributed by atoms with Crippen LogP contribution in [-0.2, 0) is 6.54 Å². The van der Waals surface area contributed by atoms with Crippen molar-refractivity contribution in [3.05, 3.63) is 90.0 Å². The third kappa shape index (κ3) is 4.57. The van der Waals surface area contributed by atoms with E-state index >= 15 is 0 Å². The monoisotopic (exact) mass is 428 g/mol. The molecule has 0 aliphatic heterocycles. The summed E-state index contributed by atoms with van der Waals surface area (Å²) >= 11 is 0. The van der Waals surface area contributed by atoms with Gasteiger partial charge < -0.3 is 11.2 Å². The molecule has 0 saturated carbocycles. The van der Waals surface area contributed by atoms with Crippen LogP contribution in [0.4, 0.5) is 4.39 Å². The maximum absolute atomic E-state index is 15.0. The second kappa shape index (κ2) is 9.27. The van der Waals surface area contributed by atoms with Gasteiger partial charge in [-0.1, -0.05) is 12.1 Å². The predicted octanol–water partition coefficient (Wildman–Crippen LogP) is 3.05. The number of pyridine rings is 2. The summed E-state index contributed by atoms with van der Waals surface area (Å²) in [5, 5.41) is 0.847. The van der Waals surface area contributed by atoms with Gasteiger partial charge in [-0.25, -0.2) is 10.2 Å². The summed E-state index contributed by atoms with van der Waals surface area (Å²) in [6, 6.07) is 12.7. The number of halogens is 1. The molecule has 4 rings (SSSR count). The molecule has 3 aromatic heterocycles. The summed E-state index contributed by atoms with van der Waals surface area (Å²) in [7, 11) is 0. The number of hydrogen-bond acceptors (Lipinski definition) is 7. The Balaban J connectivity index is 1.55. The van der Waals surface area contributed by atoms with Gasteiger partial charge in [0.15, 0.2) is 11.7 Å². The van der Waals surface area contributed by atoms with E-state index in [0.717, 1.165) is 22.2 Å². The summed E-state index contributed by atoms with van der Waals surface area (Å²) in [6.07, 6.45) is 6.64. The minimum absolute atomic E-state index is 0.0739. The number of nitrogens with zero attached hydrogens (tertiary/aromatic N) is 5. The number of benzene rings is 1. The van der Waals surface area contributed by atoms with Crippen molar-refractivity contribution in [1.29, 1.82) is 0 Å². The third-order valence-corrected chi connectivity index (χ3v) is 4.79. The number of hydrogen-bond donors (Lipinski definition) is 3. The first kappa shape index (κ1) is 21.0. The van der Waals surface area contributed by atoms with Crippen LogP contribution in [-0.4, -0.2) is 25.8 Å². The second-order valence-electron chi connectivity index (χ2n) is 7.03. The Labute approximate surface area is 184 Å². The molecule has 0 radical (unpaired) electrons. The highest BCUT2D eigenvalue weighted by Crippen LogP contribution is 2.21. The molecule has 3 heterocycles. The van der Waals surface area contributed by atoms with Crippen LogP contribution in [0.25, 0.3) is 27.9 Å². The molecule has 0 bridgehead atoms. The molecule has 0 aliphatic carbocycles. The fourth-order valence-corrected chi connectivity index (χ4v) is 3.13. The number of fused-ring (bicyclic) bond motifs is 1. The zero-order chi connectivity index (χ0) is 22.5. The van der Waals surface area contributed by atoms with E-state index in [1.807, 2.05) is 25.1 Å². The Morgan fingerprint density at radius 1 is 1.03 bits per heavy atom. The molecule has 0 saturated heterocycles. The van der Waals surface area contributed by atoms with Crippen LogP contribution in [0.2, 0.25) is 0 Å². The molecule has 32 heavy (non-hydrogen) atoms. The predicted molar refractivity (Wildman–Crippen MR) is 122 cm³/mol. The molecular formula is C23H21FN8. The highest BCUT2D eigenvalue weighted by molar-refractivity contribution is 6.02. The van der Waals surface area contributed by atoms with Crippen LogP contribution >= 0.6 is 0 Å². The third-order valence-electron chi connectivity index (χ3n) is 4.79. The lowest BCUT2D eigenvalue weighted by Gasteiger charge is -2.09. The zero-order valence-electron chi connectivity index (χ0n) is 17.3. The Kier molecular flexibility index (Phi) is 6.09. The van der Waals surface area contributed by atoms with Crippen LogP contribution in [0.15, 0.2) is 78.1 Å². The van der Waals surface area contributed by atoms with E-state index in [0.29, 0.717) is 17.0 Å². The van der Waals surface area contributed by atoms with Crippen LogP contribution in [0.1, 0.15) is 17.0 Å². The first-order valence-electron chi connectivity index (χ1n) is 9.81. The Morgan fingerprint density at radius 3 is 2.66 bits per heavy atom. The number of amidine groups is 1. The van der Waals surface area contributed by atoms with Gasteiger partial charge in [-0.2, -0.15) is 0 Å². The van der Waals surface area contributed by atoms with Gasteiger partial charge in [-0.3, -0.25) is 24.9 Å². The van der Waals surface area contributed by atoms with Gasteiger partial charge in [0.2, 0.25) is 0 Å². The molecule has 160 valence electrons. The van der Waals surface area contributed by atoms with Crippen molar-refractivity contribution < 1.29 is 4.39 Å². The SMILES string of the molecule is Cc1cc(-c2cnc(CN=C(NN)C(F)=C(N)c3ccc4ncccc4c3)cn2)ccn1. The summed E-state index contributed by atoms with van der Waals surface area (Å²) in [5.74, 6) is 4.56. The van der Waals surface area contributed by atoms with Crippen LogP contribution in [0.5, 0.6) is 0 Å². The lowest BCUT2D eigenvalue weighted by atomic mass is 10.1. The number of aromatic nitrogens is 4. The number of aliphatic imine (C=N–C) groups is 1. The molecule has 8 nitrogen and oxygen atoms in total. The van der Waals surface area contributed by atoms with Crippen molar-refractivity contribution in [2.24, 2.45) is 16.6 Å². The van der Waals surface area contributed by atoms with Crippen molar-refractivity contribution in [2.45, 2.75) is 13.5 Å². The van der Waals surface area contributed by atoms with Gasteiger partial charge in [-0.15, -0.1) is 0 Å². The highest BCUT2D eigenvalue weighted by Gasteiger charge is 2.13. The first-order chi connectivity index (χ1) is 15.5. The van der Waals surface area contributed by atoms with E-state index in [2.05, 4.69) is 30.4 Å². The molecule has 0 fully saturated rings. The number of nitrogens with two attached hydrogens (primary N) is 2. The summed E-state index contributed by atoms with van der Waals surface area (Å²) in [5.41, 5.74) is 12.6. The number of hydrazine groups is 1. The van der Waals surface area contributed by atoms with Gasteiger partial charge in [0.05, 0.1) is 41.5 Å². The number of aryl methyl sites for hydroxylation is 1. The Bertz CT molecular complexity index is 1320. The number of nitrogens with one attached hydrogen (secondary N) is 1. The molecule has 0 amide bonds. The maximum Gasteiger partial charge on any atom is 0.189 e. The molecule has 4 aromatic rings. The van der Waals surface area contributed by atoms with Gasteiger partial charge in [0.25, 0.3) is 0 Å². The van der Waals surface area contributed by atoms with E-state index in [-0.39, 0.29) is 18.1 Å². The average Bonchev–Trinajstić information content (AvgIpc) is 2.84. The standard InChI is InChI=1S/C23H21FN8/c1-14-9-16(6-8-27-14)20-13-29-18(11-30-20)12-31-23(32-26)21(24)22(25)17-4-5-19-15(10-17)3-2-7-28-19/h2-11,13H,12,25-26H2,1H3,(H,31,32). The summed E-state index contributed by atoms with van der Waals surface area (Å²) < 4.78 is 15.0. The highest BCUT2D eigenvalue weighted by atomic mass is 19.1. The number of rotatable bonds is 5. The molecule has 9 heteroatoms. The van der Waals surface area contributed by atoms with Gasteiger partial charge >= 0.3 is 0 Å². The van der Waals surface area contributed by atoms with Crippen molar-refractivity contribution in [2.75, 3.05) is 0 Å². The minimum atomic E-state index is -0.757. The summed E-state index contributed by atoms with van der Waals surface area (Å²) in [6.45, 7) is 1.98. The molecule has 5 N–H and O–H groups in total. The average molecular weight is 428 g/mol. The molecule has 0 unspecified atom stereocenters. The van der Waals surface area contributed by atoms with Crippen LogP contribution in [0, 0.1) is 6.92 Å². The largest absolute Gasteiger partial charge is 0.396 e. The van der Waals surface area contributed by atoms with Crippen molar-refractivity contribution in [3.63, 3.8) is 0 Å². The van der Waals surface area contributed by atoms with Crippen LogP contribution < -0.4 is 17.0 Å². The summed E-state index contributed by atoms with van der Waals surface area (Å²) in [4.78, 5) is 21.4. The van der Waals surface area contributed by atoms with Gasteiger partial charge in [-0.05, 0) is 37.3 Å². The maximum atomic E-state index is 15.0. The fraction of sp³-hybridized carbons (Fsp3) is 0.0870. The lowest BCUT2D eigenvalue weighted by Crippen LogP contribution is -2.32. The van der Waals surface area contributed by atoms with Gasteiger partial charge in [0, 0.05) is 34.6 Å². The quantitative estimate of drug-likeness (QED) is 0.193. The van der Waals surface area contributed by atoms with Crippen molar-refractivity contribution in [3.8, 4) is 11.3 Å². The minimum Gasteiger partial charge on any atom is -0.396 e. The smallest absolute Gasteiger partial charge is 0.189 e. The van der Waals surface area contributed by atoms with E-state index in [9.17, 15) is 4.39 Å². The topological polar surface area (TPSA) is 128 Å². The van der Waals surface area contributed by atoms with Crippen molar-refractivity contribution >= 4 is 22.4 Å². The Morgan fingerprint density at radius 2 is 1.91 bits per heavy atom. The first-order valence-corrected chi connectivity index (χ1v) is 9.81. The molecule has 1 aromatic carbocycles. The van der Waals surface area contributed by atoms with Crippen LogP contribution in [0.3, 0.4) is 0 Å². The molecule has 0 aliphatic rings. The van der Waals surface area contributed by atoms with E-state index in [4.69, 9.17) is 11.6 Å². The zero-order valence-corrected chi connectivity index (χ0v) is 17.3. The Hall–Kier alpha value is -4.24. The fourth-order valence-electron chi connectivity index (χ4n) is 3.13. The van der Waals surface area contributed by atoms with E-state index in [1.165, 1.54) is 0 Å². The second-order valence-corrected chi connectivity index (χ2v) is 7.03. The molecular weight excluding hydrogens is 407 g/mol. The lowest BCUT2D eigenvalue weighted by molar-refractivity contribution is 0.669. The molecule has 0 atom stereocenters.